The van der Waals surface area contributed by atoms with Gasteiger partial charge >= 0.3 is 75.0 Å². The zero-order valence-electron chi connectivity index (χ0n) is 12.1. The van der Waals surface area contributed by atoms with Crippen LogP contribution in [0.4, 0.5) is 5.13 Å². The van der Waals surface area contributed by atoms with E-state index in [4.69, 9.17) is 24.1 Å². The van der Waals surface area contributed by atoms with Crippen LogP contribution >= 0.6 is 27.2 Å². The third-order valence-corrected chi connectivity index (χ3v) is 2.54. The standard InChI is InChI=1S/C5H9N2O3PS.2Na.HO3P.2H/c1-4-2-12-5(7-4)6-3-11(8,9)10;;;1-4(2)3;;/h2H,3H2,1H3,(H,6,7)(H2,8,9,10);;;(H-,1,2,3);;/q;2*+1;;2*-1/p+1. The van der Waals surface area contributed by atoms with Gasteiger partial charge in [-0.05, 0) is 6.92 Å². The van der Waals surface area contributed by atoms with Crippen molar-refractivity contribution >= 4 is 32.3 Å². The van der Waals surface area contributed by atoms with Gasteiger partial charge in [-0.15, -0.1) is 21.1 Å². The number of hydrogen-bond acceptors (Lipinski definition) is 5. The molecular weight excluding hydrogens is 324 g/mol. The molecule has 1 aromatic heterocycles. The molecule has 0 saturated carbocycles. The minimum absolute atomic E-state index is 0. The second-order valence-electron chi connectivity index (χ2n) is 2.55. The van der Waals surface area contributed by atoms with Crippen molar-refractivity contribution in [2.45, 2.75) is 6.92 Å². The van der Waals surface area contributed by atoms with Crippen molar-refractivity contribution in [1.29, 1.82) is 0 Å². The largest absolute Gasteiger partial charge is 1.00 e. The maximum Gasteiger partial charge on any atom is 1.00 e. The summed E-state index contributed by atoms with van der Waals surface area (Å²) in [5.41, 5.74) is 0.841. The Morgan fingerprint density at radius 1 is 1.50 bits per heavy atom. The Bertz CT molecular complexity index is 404. The summed E-state index contributed by atoms with van der Waals surface area (Å²) in [4.78, 5) is 35.2. The van der Waals surface area contributed by atoms with Gasteiger partial charge in [0.1, 0.15) is 6.29 Å². The van der Waals surface area contributed by atoms with Crippen molar-refractivity contribution in [2.75, 3.05) is 11.6 Å². The fourth-order valence-corrected chi connectivity index (χ4v) is 1.76. The summed E-state index contributed by atoms with van der Waals surface area (Å²) >= 11 is 1.32. The van der Waals surface area contributed by atoms with E-state index in [0.29, 0.717) is 5.13 Å². The van der Waals surface area contributed by atoms with Crippen LogP contribution in [-0.2, 0) is 9.13 Å². The first kappa shape index (κ1) is 24.6. The number of aromatic nitrogens is 1. The van der Waals surface area contributed by atoms with Crippen molar-refractivity contribution in [1.82, 2.24) is 4.98 Å². The van der Waals surface area contributed by atoms with E-state index in [-0.39, 0.29) is 68.3 Å². The van der Waals surface area contributed by atoms with Gasteiger partial charge in [-0.25, -0.2) is 4.98 Å². The molecule has 0 fully saturated rings. The summed E-state index contributed by atoms with van der Waals surface area (Å²) in [5, 5.41) is 4.90. The molecule has 0 aromatic carbocycles. The molecule has 5 N–H and O–H groups in total. The van der Waals surface area contributed by atoms with Gasteiger partial charge < -0.3 is 18.0 Å². The molecular formula is C5H13N2Na2O6P2S+. The average molecular weight is 337 g/mol. The van der Waals surface area contributed by atoms with Gasteiger partial charge in [0.25, 0.3) is 0 Å². The maximum absolute atomic E-state index is 10.4. The SMILES string of the molecule is Cc1csc(NCP(=O)(O)O)n1.O=[P+](O)O.[H-].[H-].[Na+].[Na+]. The van der Waals surface area contributed by atoms with Crippen LogP contribution in [0.2, 0.25) is 0 Å². The van der Waals surface area contributed by atoms with Gasteiger partial charge in [-0.1, -0.05) is 0 Å². The Balaban J connectivity index is -0.0000000844. The van der Waals surface area contributed by atoms with Crippen LogP contribution in [0.1, 0.15) is 8.55 Å². The normalized spacial score (nSPS) is 9.17. The fraction of sp³-hybridized carbons (Fsp3) is 0.400. The number of nitrogens with one attached hydrogen (secondary N) is 1. The van der Waals surface area contributed by atoms with Crippen LogP contribution in [-0.4, -0.2) is 30.8 Å². The van der Waals surface area contributed by atoms with Gasteiger partial charge in [0.05, 0.1) is 5.69 Å². The van der Waals surface area contributed by atoms with E-state index >= 15 is 0 Å². The minimum atomic E-state index is -3.97. The number of rotatable bonds is 3. The van der Waals surface area contributed by atoms with Gasteiger partial charge in [0.2, 0.25) is 0 Å². The number of hydrogen-bond donors (Lipinski definition) is 5. The van der Waals surface area contributed by atoms with Crippen molar-refractivity contribution < 1.29 is 90.7 Å². The van der Waals surface area contributed by atoms with Crippen LogP contribution in [0.15, 0.2) is 5.38 Å². The number of aryl methyl sites for hydroxylation is 1. The molecule has 13 heteroatoms. The Kier molecular flexibility index (Phi) is 16.9. The Labute approximate surface area is 156 Å². The summed E-state index contributed by atoms with van der Waals surface area (Å²) in [6.07, 6.45) is -0.361. The van der Waals surface area contributed by atoms with Gasteiger partial charge in [-0.2, -0.15) is 0 Å². The predicted octanol–water partition coefficient (Wildman–Crippen LogP) is -5.14. The summed E-state index contributed by atoms with van der Waals surface area (Å²) in [5.74, 6) is 0. The topological polar surface area (TPSA) is 140 Å². The molecule has 0 radical (unpaired) electrons. The first-order chi connectivity index (χ1) is 7.20. The summed E-state index contributed by atoms with van der Waals surface area (Å²) in [6.45, 7) is 1.82. The second kappa shape index (κ2) is 12.3. The summed E-state index contributed by atoms with van der Waals surface area (Å²) in [6, 6.07) is 0. The molecule has 0 atom stereocenters. The van der Waals surface area contributed by atoms with Crippen molar-refractivity contribution in [3.63, 3.8) is 0 Å². The average Bonchev–Trinajstić information content (AvgIpc) is 2.45. The van der Waals surface area contributed by atoms with Crippen LogP contribution < -0.4 is 64.4 Å². The van der Waals surface area contributed by atoms with Gasteiger partial charge in [0, 0.05) is 9.95 Å². The quantitative estimate of drug-likeness (QED) is 0.273. The molecule has 0 aliphatic carbocycles. The smallest absolute Gasteiger partial charge is 1.00 e. The molecule has 1 heterocycles. The van der Waals surface area contributed by atoms with Crippen LogP contribution in [0.3, 0.4) is 0 Å². The van der Waals surface area contributed by atoms with E-state index in [2.05, 4.69) is 10.3 Å². The Morgan fingerprint density at radius 3 is 2.22 bits per heavy atom. The predicted molar refractivity (Wildman–Crippen MR) is 61.7 cm³/mol. The summed E-state index contributed by atoms with van der Waals surface area (Å²) < 4.78 is 19.1. The molecule has 0 spiro atoms. The van der Waals surface area contributed by atoms with E-state index in [1.807, 2.05) is 12.3 Å². The monoisotopic (exact) mass is 337 g/mol. The van der Waals surface area contributed by atoms with E-state index in [9.17, 15) is 4.57 Å². The number of anilines is 1. The van der Waals surface area contributed by atoms with Crippen LogP contribution in [0.25, 0.3) is 0 Å². The van der Waals surface area contributed by atoms with E-state index < -0.39 is 15.9 Å². The molecule has 1 rings (SSSR count). The van der Waals surface area contributed by atoms with E-state index in [0.717, 1.165) is 5.69 Å². The second-order valence-corrected chi connectivity index (χ2v) is 5.56. The molecule has 0 aliphatic heterocycles. The first-order valence-electron chi connectivity index (χ1n) is 3.76. The molecule has 0 bridgehead atoms. The van der Waals surface area contributed by atoms with Gasteiger partial charge in [-0.3, -0.25) is 4.57 Å². The molecule has 1 aromatic rings. The molecule has 0 aliphatic rings. The van der Waals surface area contributed by atoms with Gasteiger partial charge in [0.15, 0.2) is 5.13 Å². The van der Waals surface area contributed by atoms with Crippen molar-refractivity contribution in [3.05, 3.63) is 11.1 Å². The molecule has 96 valence electrons. The number of nitrogens with zero attached hydrogens (tertiary/aromatic N) is 1. The molecule has 0 unspecified atom stereocenters. The molecule has 0 saturated heterocycles. The van der Waals surface area contributed by atoms with Crippen molar-refractivity contribution in [2.24, 2.45) is 0 Å². The zero-order valence-corrected chi connectivity index (χ0v) is 16.7. The molecule has 8 nitrogen and oxygen atoms in total. The third-order valence-electron chi connectivity index (χ3n) is 1.06. The maximum atomic E-state index is 10.4. The minimum Gasteiger partial charge on any atom is -1.00 e. The molecule has 18 heavy (non-hydrogen) atoms. The van der Waals surface area contributed by atoms with E-state index in [1.165, 1.54) is 11.3 Å². The summed E-state index contributed by atoms with van der Waals surface area (Å²) in [7, 11) is -6.84. The Hall–Kier alpha value is 1.60. The van der Waals surface area contributed by atoms with Crippen LogP contribution in [0.5, 0.6) is 0 Å². The number of thiazole rings is 1. The van der Waals surface area contributed by atoms with Crippen LogP contribution in [0, 0.1) is 6.92 Å². The molecule has 0 amide bonds. The first-order valence-corrected chi connectivity index (χ1v) is 7.60. The zero-order chi connectivity index (χ0) is 12.8. The van der Waals surface area contributed by atoms with E-state index in [1.54, 1.807) is 0 Å². The fourth-order valence-electron chi connectivity index (χ4n) is 0.606. The third kappa shape index (κ3) is 17.6. The Morgan fingerprint density at radius 2 is 1.94 bits per heavy atom. The van der Waals surface area contributed by atoms with Crippen molar-refractivity contribution in [3.8, 4) is 0 Å².